The molecule has 0 aromatic carbocycles. The Labute approximate surface area is 218 Å². The molecule has 2 aromatic rings. The highest BCUT2D eigenvalue weighted by Crippen LogP contribution is 2.35. The molecule has 2 aromatic heterocycles. The minimum absolute atomic E-state index is 0.861. The summed E-state index contributed by atoms with van der Waals surface area (Å²) in [5, 5.41) is 0. The van der Waals surface area contributed by atoms with Gasteiger partial charge in [0.15, 0.2) is 11.6 Å². The summed E-state index contributed by atoms with van der Waals surface area (Å²) in [4.78, 5) is 30.4. The van der Waals surface area contributed by atoms with Crippen LogP contribution in [-0.4, -0.2) is 118 Å². The van der Waals surface area contributed by atoms with Crippen molar-refractivity contribution in [2.75, 3.05) is 118 Å². The molecule has 0 saturated carbocycles. The van der Waals surface area contributed by atoms with Gasteiger partial charge in [-0.25, -0.2) is 9.97 Å². The van der Waals surface area contributed by atoms with E-state index in [-0.39, 0.29) is 0 Å². The van der Waals surface area contributed by atoms with E-state index in [2.05, 4.69) is 19.6 Å². The van der Waals surface area contributed by atoms with Crippen molar-refractivity contribution in [2.45, 2.75) is 0 Å². The second-order valence-electron chi connectivity index (χ2n) is 8.79. The van der Waals surface area contributed by atoms with E-state index in [4.69, 9.17) is 19.9 Å². The van der Waals surface area contributed by atoms with Gasteiger partial charge in [0.05, 0.1) is 0 Å². The predicted octanol–water partition coefficient (Wildman–Crippen LogP) is 2.63. The molecule has 0 spiro atoms. The van der Waals surface area contributed by atoms with Crippen molar-refractivity contribution in [1.82, 2.24) is 19.9 Å². The number of anilines is 4. The molecule has 184 valence electrons. The normalized spacial score (nSPS) is 22.5. The number of fused-ring (bicyclic) bond motifs is 1. The standard InChI is InChI=1S/C22H32N8S4/c1-9-31-10-2-27(1)19-17-18(24-21(25-19)29-5-13-33-14-6-29)20(28-3-11-32-12-4-28)26-22(23-17)30-7-15-34-16-8-30/h1-16H2. The Hall–Kier alpha value is -0.980. The molecule has 8 nitrogen and oxygen atoms in total. The Morgan fingerprint density at radius 3 is 1.00 bits per heavy atom. The van der Waals surface area contributed by atoms with Gasteiger partial charge >= 0.3 is 0 Å². The lowest BCUT2D eigenvalue weighted by Gasteiger charge is -2.33. The molecule has 0 aliphatic carbocycles. The lowest BCUT2D eigenvalue weighted by atomic mass is 10.3. The fourth-order valence-electron chi connectivity index (χ4n) is 4.76. The molecule has 4 aliphatic rings. The lowest BCUT2D eigenvalue weighted by Crippen LogP contribution is -2.38. The number of rotatable bonds is 4. The van der Waals surface area contributed by atoms with Crippen LogP contribution in [0.5, 0.6) is 0 Å². The first-order valence-electron chi connectivity index (χ1n) is 12.3. The largest absolute Gasteiger partial charge is 0.353 e. The predicted molar refractivity (Wildman–Crippen MR) is 153 cm³/mol. The SMILES string of the molecule is C1CN(c2nc(N3CCSCC3)c3nc(N4CCSCC4)nc(N4CCSCC4)c3n2)CCS1. The molecule has 6 rings (SSSR count). The summed E-state index contributed by atoms with van der Waals surface area (Å²) >= 11 is 8.10. The van der Waals surface area contributed by atoms with E-state index >= 15 is 0 Å². The Morgan fingerprint density at radius 1 is 0.382 bits per heavy atom. The van der Waals surface area contributed by atoms with Crippen LogP contribution in [0.25, 0.3) is 11.0 Å². The number of thioether (sulfide) groups is 4. The van der Waals surface area contributed by atoms with E-state index < -0.39 is 0 Å². The molecule has 0 bridgehead atoms. The molecule has 6 heterocycles. The minimum Gasteiger partial charge on any atom is -0.353 e. The van der Waals surface area contributed by atoms with Crippen molar-refractivity contribution in [1.29, 1.82) is 0 Å². The maximum atomic E-state index is 5.21. The van der Waals surface area contributed by atoms with Crippen LogP contribution in [0.4, 0.5) is 23.5 Å². The van der Waals surface area contributed by atoms with E-state index in [9.17, 15) is 0 Å². The molecule has 4 aliphatic heterocycles. The maximum absolute atomic E-state index is 5.21. The molecule has 4 fully saturated rings. The summed E-state index contributed by atoms with van der Waals surface area (Å²) in [5.74, 6) is 12.8. The summed E-state index contributed by atoms with van der Waals surface area (Å²) in [5.41, 5.74) is 1.89. The maximum Gasteiger partial charge on any atom is 0.228 e. The quantitative estimate of drug-likeness (QED) is 0.577. The Balaban J connectivity index is 1.52. The van der Waals surface area contributed by atoms with Crippen molar-refractivity contribution in [3.8, 4) is 0 Å². The summed E-state index contributed by atoms with van der Waals surface area (Å²) in [6.07, 6.45) is 0. The molecular formula is C22H32N8S4. The van der Waals surface area contributed by atoms with Gasteiger partial charge in [0, 0.05) is 98.4 Å². The van der Waals surface area contributed by atoms with E-state index in [1.165, 1.54) is 0 Å². The monoisotopic (exact) mass is 536 g/mol. The van der Waals surface area contributed by atoms with Crippen LogP contribution in [0.1, 0.15) is 0 Å². The third-order valence-corrected chi connectivity index (χ3v) is 10.5. The average Bonchev–Trinajstić information content (AvgIpc) is 2.94. The molecular weight excluding hydrogens is 505 g/mol. The fraction of sp³-hybridized carbons (Fsp3) is 0.727. The Kier molecular flexibility index (Phi) is 7.55. The molecule has 34 heavy (non-hydrogen) atoms. The van der Waals surface area contributed by atoms with Crippen LogP contribution in [0.2, 0.25) is 0 Å². The lowest BCUT2D eigenvalue weighted by molar-refractivity contribution is 0.785. The van der Waals surface area contributed by atoms with Crippen LogP contribution in [0, 0.1) is 0 Å². The Bertz CT molecular complexity index is 907. The summed E-state index contributed by atoms with van der Waals surface area (Å²) < 4.78 is 0. The first-order valence-corrected chi connectivity index (χ1v) is 16.9. The first-order chi connectivity index (χ1) is 16.9. The van der Waals surface area contributed by atoms with Gasteiger partial charge in [0.1, 0.15) is 11.0 Å². The zero-order valence-corrected chi connectivity index (χ0v) is 22.8. The van der Waals surface area contributed by atoms with Gasteiger partial charge in [-0.3, -0.25) is 0 Å². The molecule has 0 atom stereocenters. The van der Waals surface area contributed by atoms with Gasteiger partial charge in [0.2, 0.25) is 11.9 Å². The number of nitrogens with zero attached hydrogens (tertiary/aromatic N) is 8. The third-order valence-electron chi connectivity index (χ3n) is 6.69. The van der Waals surface area contributed by atoms with Crippen molar-refractivity contribution in [3.05, 3.63) is 0 Å². The molecule has 4 saturated heterocycles. The van der Waals surface area contributed by atoms with Crippen molar-refractivity contribution in [2.24, 2.45) is 0 Å². The van der Waals surface area contributed by atoms with Gasteiger partial charge in [-0.1, -0.05) is 0 Å². The number of aromatic nitrogens is 4. The molecule has 0 N–H and O–H groups in total. The second-order valence-corrected chi connectivity index (χ2v) is 13.7. The molecule has 0 radical (unpaired) electrons. The fourth-order valence-corrected chi connectivity index (χ4v) is 8.38. The van der Waals surface area contributed by atoms with Crippen LogP contribution in [0.15, 0.2) is 0 Å². The van der Waals surface area contributed by atoms with Crippen LogP contribution in [0.3, 0.4) is 0 Å². The van der Waals surface area contributed by atoms with Crippen LogP contribution < -0.4 is 19.6 Å². The summed E-state index contributed by atoms with van der Waals surface area (Å²) in [6.45, 7) is 8.08. The third kappa shape index (κ3) is 4.97. The Morgan fingerprint density at radius 2 is 0.676 bits per heavy atom. The van der Waals surface area contributed by atoms with Crippen molar-refractivity contribution < 1.29 is 0 Å². The zero-order valence-electron chi connectivity index (χ0n) is 19.5. The van der Waals surface area contributed by atoms with Gasteiger partial charge in [0.25, 0.3) is 0 Å². The second kappa shape index (κ2) is 11.0. The van der Waals surface area contributed by atoms with Gasteiger partial charge < -0.3 is 19.6 Å². The van der Waals surface area contributed by atoms with Gasteiger partial charge in [-0.15, -0.1) is 0 Å². The highest BCUT2D eigenvalue weighted by molar-refractivity contribution is 8.00. The van der Waals surface area contributed by atoms with Crippen LogP contribution in [-0.2, 0) is 0 Å². The highest BCUT2D eigenvalue weighted by atomic mass is 32.2. The van der Waals surface area contributed by atoms with Crippen LogP contribution >= 0.6 is 47.0 Å². The summed E-state index contributed by atoms with van der Waals surface area (Å²) in [7, 11) is 0. The molecule has 0 amide bonds. The van der Waals surface area contributed by atoms with Crippen molar-refractivity contribution in [3.63, 3.8) is 0 Å². The molecule has 12 heteroatoms. The topological polar surface area (TPSA) is 64.5 Å². The smallest absolute Gasteiger partial charge is 0.228 e. The highest BCUT2D eigenvalue weighted by Gasteiger charge is 2.28. The van der Waals surface area contributed by atoms with E-state index in [0.717, 1.165) is 133 Å². The first kappa shape index (κ1) is 23.4. The summed E-state index contributed by atoms with van der Waals surface area (Å²) in [6, 6.07) is 0. The minimum atomic E-state index is 0.861. The molecule has 0 unspecified atom stereocenters. The van der Waals surface area contributed by atoms with E-state index in [1.807, 2.05) is 47.0 Å². The average molecular weight is 537 g/mol. The zero-order chi connectivity index (χ0) is 22.7. The van der Waals surface area contributed by atoms with E-state index in [0.29, 0.717) is 0 Å². The number of hydrogen-bond donors (Lipinski definition) is 0. The van der Waals surface area contributed by atoms with Crippen molar-refractivity contribution >= 4 is 81.6 Å². The van der Waals surface area contributed by atoms with Gasteiger partial charge in [-0.05, 0) is 0 Å². The number of hydrogen-bond acceptors (Lipinski definition) is 12. The van der Waals surface area contributed by atoms with E-state index in [1.54, 1.807) is 0 Å². The van der Waals surface area contributed by atoms with Gasteiger partial charge in [-0.2, -0.15) is 57.0 Å².